The number of benzene rings is 1. The normalized spacial score (nSPS) is 23.5. The van der Waals surface area contributed by atoms with E-state index in [1.807, 2.05) is 18.2 Å². The molecule has 1 N–H and O–H groups in total. The van der Waals surface area contributed by atoms with Crippen LogP contribution in [0.3, 0.4) is 0 Å². The number of amides is 1. The fourth-order valence-electron chi connectivity index (χ4n) is 2.75. The number of nitrogens with one attached hydrogen (secondary N) is 1. The number of hydrogen-bond acceptors (Lipinski definition) is 4. The van der Waals surface area contributed by atoms with Crippen LogP contribution in [-0.2, 0) is 21.0 Å². The molecule has 1 aromatic rings. The van der Waals surface area contributed by atoms with Crippen molar-refractivity contribution in [3.05, 3.63) is 23.8 Å². The molecule has 2 atom stereocenters. The molecular weight excluding hydrogens is 302 g/mol. The van der Waals surface area contributed by atoms with Gasteiger partial charge >= 0.3 is 6.09 Å². The Hall–Kier alpha value is -1.56. The van der Waals surface area contributed by atoms with Gasteiger partial charge in [0.05, 0.1) is 24.5 Å². The first-order chi connectivity index (χ1) is 10.5. The smallest absolute Gasteiger partial charge is 0.407 e. The lowest BCUT2D eigenvalue weighted by Crippen LogP contribution is -2.35. The van der Waals surface area contributed by atoms with Gasteiger partial charge in [-0.25, -0.2) is 4.79 Å². The van der Waals surface area contributed by atoms with Crippen LogP contribution in [0.5, 0.6) is 5.75 Å². The quantitative estimate of drug-likeness (QED) is 0.904. The molecular formula is C16H23NO4S. The molecule has 0 fully saturated rings. The van der Waals surface area contributed by atoms with Gasteiger partial charge < -0.3 is 14.8 Å². The summed E-state index contributed by atoms with van der Waals surface area (Å²) in [6.07, 6.45) is 1.20. The second kappa shape index (κ2) is 7.13. The number of ether oxygens (including phenoxy) is 2. The standard InChI is InChI=1S/C16H23NO4S/c1-4-21-15(18)17-9-7-16(2)8-10-22(19)14-6-5-12(20-3)11-13(14)16/h5-6,11H,4,7-10H2,1-3H3,(H,17,18). The molecule has 1 heterocycles. The minimum absolute atomic E-state index is 0.128. The molecule has 1 amide bonds. The first-order valence-corrected chi connectivity index (χ1v) is 8.79. The van der Waals surface area contributed by atoms with E-state index in [0.29, 0.717) is 18.9 Å². The molecule has 0 radical (unpaired) electrons. The highest BCUT2D eigenvalue weighted by molar-refractivity contribution is 7.85. The predicted molar refractivity (Wildman–Crippen MR) is 85.9 cm³/mol. The lowest BCUT2D eigenvalue weighted by Gasteiger charge is -2.35. The summed E-state index contributed by atoms with van der Waals surface area (Å²) in [5.41, 5.74) is 0.930. The van der Waals surface area contributed by atoms with Gasteiger partial charge in [0.25, 0.3) is 0 Å². The van der Waals surface area contributed by atoms with E-state index in [-0.39, 0.29) is 5.41 Å². The lowest BCUT2D eigenvalue weighted by molar-refractivity contribution is 0.151. The first-order valence-electron chi connectivity index (χ1n) is 7.47. The highest BCUT2D eigenvalue weighted by Crippen LogP contribution is 2.41. The van der Waals surface area contributed by atoms with Crippen molar-refractivity contribution >= 4 is 16.9 Å². The van der Waals surface area contributed by atoms with Crippen molar-refractivity contribution < 1.29 is 18.5 Å². The summed E-state index contributed by atoms with van der Waals surface area (Å²) in [5, 5.41) is 2.76. The van der Waals surface area contributed by atoms with Gasteiger partial charge in [-0.2, -0.15) is 0 Å². The van der Waals surface area contributed by atoms with Crippen LogP contribution in [0.1, 0.15) is 32.3 Å². The highest BCUT2D eigenvalue weighted by Gasteiger charge is 2.35. The van der Waals surface area contributed by atoms with Crippen LogP contribution in [0.25, 0.3) is 0 Å². The van der Waals surface area contributed by atoms with Gasteiger partial charge in [0.15, 0.2) is 0 Å². The minimum atomic E-state index is -0.957. The summed E-state index contributed by atoms with van der Waals surface area (Å²) in [6.45, 7) is 4.81. The highest BCUT2D eigenvalue weighted by atomic mass is 32.2. The first kappa shape index (κ1) is 16.8. The Morgan fingerprint density at radius 1 is 1.45 bits per heavy atom. The van der Waals surface area contributed by atoms with E-state index in [1.54, 1.807) is 14.0 Å². The molecule has 0 aromatic heterocycles. The summed E-state index contributed by atoms with van der Waals surface area (Å²) in [7, 11) is 0.669. The number of carbonyl (C=O) groups excluding carboxylic acids is 1. The number of methoxy groups -OCH3 is 1. The number of rotatable bonds is 5. The van der Waals surface area contributed by atoms with Crippen molar-refractivity contribution in [3.63, 3.8) is 0 Å². The second-order valence-corrected chi connectivity index (χ2v) is 7.16. The molecule has 1 aliphatic heterocycles. The van der Waals surface area contributed by atoms with Crippen molar-refractivity contribution in [2.45, 2.75) is 37.0 Å². The zero-order chi connectivity index (χ0) is 16.2. The van der Waals surface area contributed by atoms with Gasteiger partial charge in [-0.15, -0.1) is 0 Å². The maximum atomic E-state index is 12.2. The van der Waals surface area contributed by atoms with Crippen molar-refractivity contribution in [2.24, 2.45) is 0 Å². The maximum Gasteiger partial charge on any atom is 0.407 e. The van der Waals surface area contributed by atoms with Crippen molar-refractivity contribution in [1.29, 1.82) is 0 Å². The number of hydrogen-bond donors (Lipinski definition) is 1. The average molecular weight is 325 g/mol. The number of carbonyl (C=O) groups is 1. The van der Waals surface area contributed by atoms with Gasteiger partial charge in [0.2, 0.25) is 0 Å². The van der Waals surface area contributed by atoms with Gasteiger partial charge in [-0.05, 0) is 48.9 Å². The van der Waals surface area contributed by atoms with Gasteiger partial charge in [-0.1, -0.05) is 6.92 Å². The van der Waals surface area contributed by atoms with Crippen LogP contribution < -0.4 is 10.1 Å². The third-order valence-corrected chi connectivity index (χ3v) is 5.56. The van der Waals surface area contributed by atoms with E-state index < -0.39 is 16.9 Å². The molecule has 6 heteroatoms. The summed E-state index contributed by atoms with van der Waals surface area (Å²) >= 11 is 0. The van der Waals surface area contributed by atoms with Crippen LogP contribution in [0, 0.1) is 0 Å². The Bertz CT molecular complexity index is 575. The van der Waals surface area contributed by atoms with E-state index in [9.17, 15) is 9.00 Å². The molecule has 122 valence electrons. The molecule has 0 saturated carbocycles. The summed E-state index contributed by atoms with van der Waals surface area (Å²) in [6, 6.07) is 5.70. The van der Waals surface area contributed by atoms with E-state index in [1.165, 1.54) is 0 Å². The Kier molecular flexibility index (Phi) is 5.45. The molecule has 5 nitrogen and oxygen atoms in total. The van der Waals surface area contributed by atoms with E-state index in [2.05, 4.69) is 12.2 Å². The van der Waals surface area contributed by atoms with Crippen LogP contribution in [-0.4, -0.2) is 36.3 Å². The van der Waals surface area contributed by atoms with Crippen molar-refractivity contribution in [1.82, 2.24) is 5.32 Å². The molecule has 0 bridgehead atoms. The maximum absolute atomic E-state index is 12.2. The Morgan fingerprint density at radius 3 is 2.91 bits per heavy atom. The third kappa shape index (κ3) is 3.61. The molecule has 0 aliphatic carbocycles. The number of alkyl carbamates (subject to hydrolysis) is 1. The Labute approximate surface area is 133 Å². The van der Waals surface area contributed by atoms with E-state index >= 15 is 0 Å². The summed E-state index contributed by atoms with van der Waals surface area (Å²) in [4.78, 5) is 12.3. The Balaban J connectivity index is 2.15. The molecule has 1 aliphatic rings. The van der Waals surface area contributed by atoms with Gasteiger partial charge in [0, 0.05) is 17.2 Å². The fourth-order valence-corrected chi connectivity index (χ4v) is 4.38. The van der Waals surface area contributed by atoms with Crippen molar-refractivity contribution in [2.75, 3.05) is 26.0 Å². The molecule has 0 saturated heterocycles. The summed E-state index contributed by atoms with van der Waals surface area (Å²) in [5.74, 6) is 1.41. The summed E-state index contributed by atoms with van der Waals surface area (Å²) < 4.78 is 22.4. The monoisotopic (exact) mass is 325 g/mol. The van der Waals surface area contributed by atoms with E-state index in [0.717, 1.165) is 29.1 Å². The third-order valence-electron chi connectivity index (χ3n) is 4.14. The van der Waals surface area contributed by atoms with Crippen LogP contribution >= 0.6 is 0 Å². The zero-order valence-electron chi connectivity index (χ0n) is 13.3. The van der Waals surface area contributed by atoms with Gasteiger partial charge in [-0.3, -0.25) is 4.21 Å². The second-order valence-electron chi connectivity index (χ2n) is 5.62. The fraction of sp³-hybridized carbons (Fsp3) is 0.562. The molecule has 1 aromatic carbocycles. The SMILES string of the molecule is CCOC(=O)NCCC1(C)CCS(=O)c2ccc(OC)cc21. The predicted octanol–water partition coefficient (Wildman–Crippen LogP) is 2.60. The number of fused-ring (bicyclic) bond motifs is 1. The molecule has 0 spiro atoms. The van der Waals surface area contributed by atoms with Gasteiger partial charge in [0.1, 0.15) is 5.75 Å². The van der Waals surface area contributed by atoms with Crippen LogP contribution in [0.2, 0.25) is 0 Å². The Morgan fingerprint density at radius 2 is 2.23 bits per heavy atom. The average Bonchev–Trinajstić information content (AvgIpc) is 2.51. The largest absolute Gasteiger partial charge is 0.497 e. The topological polar surface area (TPSA) is 64.6 Å². The van der Waals surface area contributed by atoms with Crippen molar-refractivity contribution in [3.8, 4) is 5.75 Å². The zero-order valence-corrected chi connectivity index (χ0v) is 14.1. The van der Waals surface area contributed by atoms with Crippen LogP contribution in [0.15, 0.2) is 23.1 Å². The minimum Gasteiger partial charge on any atom is -0.497 e. The molecule has 22 heavy (non-hydrogen) atoms. The lowest BCUT2D eigenvalue weighted by atomic mass is 9.76. The van der Waals surface area contributed by atoms with E-state index in [4.69, 9.17) is 9.47 Å². The van der Waals surface area contributed by atoms with Crippen LogP contribution in [0.4, 0.5) is 4.79 Å². The molecule has 2 rings (SSSR count). The molecule has 2 unspecified atom stereocenters.